The topological polar surface area (TPSA) is 80.3 Å². The predicted octanol–water partition coefficient (Wildman–Crippen LogP) is -3.51. The maximum atomic E-state index is 8.93. The van der Waals surface area contributed by atoms with E-state index in [4.69, 9.17) is 19.8 Å². The first-order chi connectivity index (χ1) is 2.64. The lowest BCUT2D eigenvalue weighted by Crippen LogP contribution is -2.42. The molecule has 0 aliphatic rings. The molecule has 0 heterocycles. The zero-order valence-corrected chi connectivity index (χ0v) is 2.63. The van der Waals surface area contributed by atoms with E-state index in [2.05, 4.69) is 0 Å². The molecule has 0 saturated carbocycles. The molecule has 0 amide bonds. The van der Waals surface area contributed by atoms with Crippen LogP contribution in [-0.4, -0.2) is 11.9 Å². The van der Waals surface area contributed by atoms with Gasteiger partial charge in [-0.3, -0.25) is 0 Å². The van der Waals surface area contributed by atoms with Crippen LogP contribution in [0.1, 0.15) is 0 Å². The molecule has 0 rings (SSSR count). The van der Waals surface area contributed by atoms with Gasteiger partial charge in [-0.1, -0.05) is 0 Å². The maximum absolute atomic E-state index is 8.93. The normalized spacial score (nSPS) is 7.33. The van der Waals surface area contributed by atoms with E-state index in [0.717, 1.165) is 0 Å². The quantitative estimate of drug-likeness (QED) is 0.287. The van der Waals surface area contributed by atoms with Crippen LogP contribution in [0.2, 0.25) is 0 Å². The van der Waals surface area contributed by atoms with Crippen molar-refractivity contribution in [1.82, 2.24) is 0 Å². The van der Waals surface area contributed by atoms with Crippen LogP contribution in [0.3, 0.4) is 0 Å². The second-order valence-electron chi connectivity index (χ2n) is 0.575. The summed E-state index contributed by atoms with van der Waals surface area (Å²) in [4.78, 5) is 17.9. The van der Waals surface area contributed by atoms with Gasteiger partial charge in [0.05, 0.1) is 11.9 Å². The lowest BCUT2D eigenvalue weighted by Gasteiger charge is -1.97. The summed E-state index contributed by atoms with van der Waals surface area (Å²) >= 11 is 0. The molecule has 0 saturated heterocycles. The van der Waals surface area contributed by atoms with Crippen molar-refractivity contribution in [3.05, 3.63) is 0 Å². The summed E-state index contributed by atoms with van der Waals surface area (Å²) in [6.45, 7) is 0. The van der Waals surface area contributed by atoms with Crippen molar-refractivity contribution in [2.45, 2.75) is 0 Å². The molecule has 0 aromatic heterocycles. The molecule has 4 heteroatoms. The molecule has 0 aromatic carbocycles. The first-order valence-corrected chi connectivity index (χ1v) is 1.07. The van der Waals surface area contributed by atoms with Gasteiger partial charge in [-0.15, -0.1) is 0 Å². The van der Waals surface area contributed by atoms with Crippen molar-refractivity contribution in [3.8, 4) is 0 Å². The van der Waals surface area contributed by atoms with Gasteiger partial charge in [0.2, 0.25) is 0 Å². The Morgan fingerprint density at radius 3 is 1.17 bits per heavy atom. The van der Waals surface area contributed by atoms with E-state index in [1.165, 1.54) is 0 Å². The van der Waals surface area contributed by atoms with Crippen LogP contribution in [0.4, 0.5) is 0 Å². The number of carbonyl (C=O) groups excluding carboxylic acids is 2. The van der Waals surface area contributed by atoms with E-state index in [0.29, 0.717) is 0 Å². The predicted molar refractivity (Wildman–Crippen MR) is 10.0 cm³/mol. The van der Waals surface area contributed by atoms with Gasteiger partial charge in [-0.25, -0.2) is 0 Å². The third kappa shape index (κ3) is 1.28. The molecular formula is C2O4-2. The molecule has 4 nitrogen and oxygen atoms in total. The summed E-state index contributed by atoms with van der Waals surface area (Å²) in [6, 6.07) is 0. The van der Waals surface area contributed by atoms with Crippen LogP contribution in [0.25, 0.3) is 0 Å². The highest BCUT2D eigenvalue weighted by atomic mass is 16.4. The summed E-state index contributed by atoms with van der Waals surface area (Å²) in [6.07, 6.45) is 0. The lowest BCUT2D eigenvalue weighted by molar-refractivity contribution is -0.345. The minimum absolute atomic E-state index is 2.19. The molecular weight excluding hydrogens is 88.0 g/mol. The summed E-state index contributed by atoms with van der Waals surface area (Å²) in [5.74, 6) is -4.37. The Morgan fingerprint density at radius 2 is 1.17 bits per heavy atom. The Bertz CT molecular complexity index is 71.5. The van der Waals surface area contributed by atoms with Crippen LogP contribution < -0.4 is 10.2 Å². The molecule has 6 heavy (non-hydrogen) atoms. The van der Waals surface area contributed by atoms with Crippen molar-refractivity contribution in [3.63, 3.8) is 0 Å². The number of carboxylic acid groups (broad SMARTS) is 2. The average Bonchev–Trinajstić information content (AvgIpc) is 1.36. The Morgan fingerprint density at radius 1 is 1.00 bits per heavy atom. The molecule has 34 valence electrons. The van der Waals surface area contributed by atoms with E-state index < -0.39 is 11.9 Å². The van der Waals surface area contributed by atoms with Crippen LogP contribution in [-0.2, 0) is 9.59 Å². The summed E-state index contributed by atoms with van der Waals surface area (Å²) in [7, 11) is 0. The molecule has 0 aliphatic carbocycles. The van der Waals surface area contributed by atoms with Crippen LogP contribution in [0.15, 0.2) is 0 Å². The zero-order valence-electron chi connectivity index (χ0n) is 2.63. The first kappa shape index (κ1) is 4.94. The number of carbonyl (C=O) groups is 2. The molecule has 0 fully saturated rings. The SMILES string of the molecule is O=[12C]([O-])[12C](=O)[O-]. The largest absolute Gasteiger partial charge is 0.543 e. The van der Waals surface area contributed by atoms with E-state index >= 15 is 0 Å². The Balaban J connectivity index is 3.57. The van der Waals surface area contributed by atoms with Crippen molar-refractivity contribution >= 4 is 11.9 Å². The number of aliphatic carboxylic acids is 2. The van der Waals surface area contributed by atoms with Crippen LogP contribution in [0.5, 0.6) is 0 Å². The summed E-state index contributed by atoms with van der Waals surface area (Å²) in [5.41, 5.74) is 0. The highest BCUT2D eigenvalue weighted by molar-refractivity contribution is 6.25. The van der Waals surface area contributed by atoms with E-state index in [1.54, 1.807) is 0 Å². The van der Waals surface area contributed by atoms with Gasteiger partial charge in [-0.05, 0) is 0 Å². The van der Waals surface area contributed by atoms with Crippen molar-refractivity contribution in [1.29, 1.82) is 0 Å². The van der Waals surface area contributed by atoms with Crippen molar-refractivity contribution in [2.24, 2.45) is 0 Å². The molecule has 0 unspecified atom stereocenters. The Labute approximate surface area is 33.0 Å². The van der Waals surface area contributed by atoms with Gasteiger partial charge in [-0.2, -0.15) is 0 Å². The van der Waals surface area contributed by atoms with E-state index in [-0.39, 0.29) is 0 Å². The van der Waals surface area contributed by atoms with Crippen molar-refractivity contribution < 1.29 is 19.8 Å². The Kier molecular flexibility index (Phi) is 1.15. The fourth-order valence-electron chi connectivity index (χ4n) is 0. The lowest BCUT2D eigenvalue weighted by atomic mass is 10.7. The molecule has 0 radical (unpaired) electrons. The second-order valence-corrected chi connectivity index (χ2v) is 0.575. The molecule has 0 bridgehead atoms. The summed E-state index contributed by atoms with van der Waals surface area (Å²) in [5, 5.41) is 17.9. The summed E-state index contributed by atoms with van der Waals surface area (Å²) < 4.78 is 0. The van der Waals surface area contributed by atoms with Gasteiger partial charge in [0, 0.05) is 0 Å². The zero-order chi connectivity index (χ0) is 5.15. The Hall–Kier alpha value is -1.06. The number of hydrogen-bond acceptors (Lipinski definition) is 4. The monoisotopic (exact) mass is 88.0 g/mol. The molecule has 0 N–H and O–H groups in total. The fraction of sp³-hybridized carbons (Fsp3) is 0. The molecule has 0 aromatic rings. The maximum Gasteiger partial charge on any atom is 0.0870 e. The van der Waals surface area contributed by atoms with Gasteiger partial charge in [0.15, 0.2) is 0 Å². The highest BCUT2D eigenvalue weighted by Crippen LogP contribution is 1.41. The first-order valence-electron chi connectivity index (χ1n) is 1.07. The van der Waals surface area contributed by atoms with E-state index in [1.807, 2.05) is 0 Å². The highest BCUT2D eigenvalue weighted by Gasteiger charge is 1.74. The smallest absolute Gasteiger partial charge is 0.0870 e. The standard InChI is InChI=1S/C2H2O4/c3-1(4)2(5)6/h(H,3,4)(H,5,6)/p-2/i1+0,2+0. The third-order valence-electron chi connectivity index (χ3n) is 0.167. The minimum Gasteiger partial charge on any atom is -0.543 e. The molecule has 0 atom stereocenters. The van der Waals surface area contributed by atoms with Crippen LogP contribution >= 0.6 is 0 Å². The van der Waals surface area contributed by atoms with Crippen molar-refractivity contribution in [2.75, 3.05) is 0 Å². The van der Waals surface area contributed by atoms with Gasteiger partial charge >= 0.3 is 0 Å². The van der Waals surface area contributed by atoms with Gasteiger partial charge in [0.25, 0.3) is 0 Å². The third-order valence-corrected chi connectivity index (χ3v) is 0.167. The number of carboxylic acids is 2. The fourth-order valence-corrected chi connectivity index (χ4v) is 0. The van der Waals surface area contributed by atoms with Gasteiger partial charge < -0.3 is 19.8 Å². The number of rotatable bonds is 0. The minimum atomic E-state index is -2.19. The van der Waals surface area contributed by atoms with E-state index in [9.17, 15) is 0 Å². The second kappa shape index (κ2) is 1.40. The average molecular weight is 88.0 g/mol. The molecule has 0 spiro atoms. The van der Waals surface area contributed by atoms with Crippen LogP contribution in [0, 0.1) is 0 Å². The number of hydrogen-bond donors (Lipinski definition) is 0. The van der Waals surface area contributed by atoms with Gasteiger partial charge in [0.1, 0.15) is 0 Å². The molecule has 0 aliphatic heterocycles.